The molecule has 8 nitrogen and oxygen atoms in total. The summed E-state index contributed by atoms with van der Waals surface area (Å²) in [7, 11) is 1.96. The van der Waals surface area contributed by atoms with E-state index >= 15 is 0 Å². The van der Waals surface area contributed by atoms with E-state index in [9.17, 15) is 9.59 Å². The number of nitrogens with zero attached hydrogens (tertiary/aromatic N) is 1. The first-order valence-corrected chi connectivity index (χ1v) is 9.73. The average Bonchev–Trinajstić information content (AvgIpc) is 2.93. The topological polar surface area (TPSA) is 83.5 Å². The number of carbonyl (C=O) groups excluding carboxylic acids is 2. The lowest BCUT2D eigenvalue weighted by Gasteiger charge is -2.32. The predicted molar refractivity (Wildman–Crippen MR) is 111 cm³/mol. The maximum absolute atomic E-state index is 12.6. The Morgan fingerprint density at radius 2 is 1.63 bits per heavy atom. The largest absolute Gasteiger partial charge is 0.494 e. The maximum atomic E-state index is 12.6. The van der Waals surface area contributed by atoms with Gasteiger partial charge in [-0.25, -0.2) is 9.59 Å². The molecule has 0 atom stereocenters. The molecule has 1 aromatic rings. The second kappa shape index (κ2) is 8.05. The fourth-order valence-electron chi connectivity index (χ4n) is 3.38. The third-order valence-corrected chi connectivity index (χ3v) is 5.88. The van der Waals surface area contributed by atoms with E-state index < -0.39 is 30.3 Å². The van der Waals surface area contributed by atoms with Crippen molar-refractivity contribution in [2.24, 2.45) is 0 Å². The van der Waals surface area contributed by atoms with E-state index in [-0.39, 0.29) is 24.6 Å². The van der Waals surface area contributed by atoms with Crippen molar-refractivity contribution in [1.29, 1.82) is 0 Å². The van der Waals surface area contributed by atoms with Gasteiger partial charge < -0.3 is 28.4 Å². The van der Waals surface area contributed by atoms with Crippen LogP contribution in [-0.2, 0) is 33.1 Å². The molecule has 2 aliphatic heterocycles. The molecule has 9 heteroatoms. The quantitative estimate of drug-likeness (QED) is 0.541. The first-order chi connectivity index (χ1) is 14.0. The van der Waals surface area contributed by atoms with Crippen LogP contribution in [0, 0.1) is 6.92 Å². The number of aryl methyl sites for hydroxylation is 1. The van der Waals surface area contributed by atoms with E-state index in [4.69, 9.17) is 23.5 Å². The predicted octanol–water partition coefficient (Wildman–Crippen LogP) is 1.69. The molecule has 1 aromatic carbocycles. The van der Waals surface area contributed by atoms with E-state index in [0.29, 0.717) is 5.69 Å². The zero-order valence-corrected chi connectivity index (χ0v) is 18.5. The fourth-order valence-corrected chi connectivity index (χ4v) is 3.38. The summed E-state index contributed by atoms with van der Waals surface area (Å²) < 4.78 is 27.7. The Labute approximate surface area is 177 Å². The van der Waals surface area contributed by atoms with Gasteiger partial charge in [0.2, 0.25) is 0 Å². The SMILES string of the molecule is COC(=O)C1=C(C(=O)OC)N(c2cc(B3OC(C)(C)C(C)(C)O3)ccc2C)COC1. The number of benzene rings is 1. The maximum Gasteiger partial charge on any atom is 0.494 e. The van der Waals surface area contributed by atoms with E-state index in [1.807, 2.05) is 52.8 Å². The molecule has 162 valence electrons. The van der Waals surface area contributed by atoms with Gasteiger partial charge in [-0.15, -0.1) is 0 Å². The van der Waals surface area contributed by atoms with Gasteiger partial charge in [0.1, 0.15) is 12.4 Å². The van der Waals surface area contributed by atoms with E-state index in [0.717, 1.165) is 11.0 Å². The van der Waals surface area contributed by atoms with Crippen molar-refractivity contribution in [2.75, 3.05) is 32.5 Å². The molecule has 0 aromatic heterocycles. The molecule has 30 heavy (non-hydrogen) atoms. The van der Waals surface area contributed by atoms with Crippen molar-refractivity contribution in [2.45, 2.75) is 45.8 Å². The lowest BCUT2D eigenvalue weighted by molar-refractivity contribution is -0.140. The zero-order chi connectivity index (χ0) is 22.3. The highest BCUT2D eigenvalue weighted by molar-refractivity contribution is 6.62. The van der Waals surface area contributed by atoms with Crippen LogP contribution in [0.2, 0.25) is 0 Å². The van der Waals surface area contributed by atoms with Crippen LogP contribution in [0.25, 0.3) is 0 Å². The van der Waals surface area contributed by atoms with E-state index in [1.165, 1.54) is 14.2 Å². The zero-order valence-electron chi connectivity index (χ0n) is 18.5. The molecule has 0 saturated carbocycles. The van der Waals surface area contributed by atoms with Crippen LogP contribution in [0.15, 0.2) is 29.5 Å². The highest BCUT2D eigenvalue weighted by Crippen LogP contribution is 2.37. The Bertz CT molecular complexity index is 877. The number of hydrogen-bond donors (Lipinski definition) is 0. The highest BCUT2D eigenvalue weighted by atomic mass is 16.7. The van der Waals surface area contributed by atoms with Crippen molar-refractivity contribution >= 4 is 30.2 Å². The highest BCUT2D eigenvalue weighted by Gasteiger charge is 2.51. The minimum absolute atomic E-state index is 0.0381. The van der Waals surface area contributed by atoms with Crippen LogP contribution in [0.5, 0.6) is 0 Å². The molecule has 2 heterocycles. The van der Waals surface area contributed by atoms with Crippen molar-refractivity contribution in [3.63, 3.8) is 0 Å². The molecule has 3 rings (SSSR count). The first-order valence-electron chi connectivity index (χ1n) is 9.73. The average molecular weight is 417 g/mol. The molecule has 0 amide bonds. The summed E-state index contributed by atoms with van der Waals surface area (Å²) in [6.45, 7) is 9.90. The molecule has 0 spiro atoms. The van der Waals surface area contributed by atoms with Crippen LogP contribution >= 0.6 is 0 Å². The minimum atomic E-state index is -0.640. The molecular weight excluding hydrogens is 389 g/mol. The monoisotopic (exact) mass is 417 g/mol. The van der Waals surface area contributed by atoms with Crippen molar-refractivity contribution in [3.8, 4) is 0 Å². The van der Waals surface area contributed by atoms with Gasteiger partial charge in [-0.05, 0) is 51.7 Å². The Balaban J connectivity index is 2.06. The number of methoxy groups -OCH3 is 2. The molecule has 0 unspecified atom stereocenters. The molecule has 2 aliphatic rings. The van der Waals surface area contributed by atoms with Gasteiger partial charge in [0.25, 0.3) is 0 Å². The van der Waals surface area contributed by atoms with Crippen molar-refractivity contribution < 1.29 is 33.1 Å². The summed E-state index contributed by atoms with van der Waals surface area (Å²) in [6, 6.07) is 5.72. The molecular formula is C21H28BNO7. The standard InChI is InChI=1S/C21H28BNO7/c1-13-8-9-14(22-29-20(2,3)21(4,5)30-22)10-16(13)23-12-28-11-15(18(24)26-6)17(23)19(25)27-7/h8-10H,11-12H2,1-7H3. The van der Waals surface area contributed by atoms with Gasteiger partial charge in [-0.3, -0.25) is 0 Å². The molecule has 1 fully saturated rings. The summed E-state index contributed by atoms with van der Waals surface area (Å²) in [6.07, 6.45) is 0. The van der Waals surface area contributed by atoms with Crippen LogP contribution in [0.4, 0.5) is 5.69 Å². The summed E-state index contributed by atoms with van der Waals surface area (Å²) in [4.78, 5) is 26.4. The fraction of sp³-hybridized carbons (Fsp3) is 0.524. The molecule has 0 bridgehead atoms. The number of carbonyl (C=O) groups is 2. The molecule has 1 saturated heterocycles. The van der Waals surface area contributed by atoms with Crippen LogP contribution < -0.4 is 10.4 Å². The first kappa shape index (κ1) is 22.3. The van der Waals surface area contributed by atoms with E-state index in [1.54, 1.807) is 4.90 Å². The summed E-state index contributed by atoms with van der Waals surface area (Å²) in [5.41, 5.74) is 1.61. The number of anilines is 1. The lowest BCUT2D eigenvalue weighted by atomic mass is 9.78. The third-order valence-electron chi connectivity index (χ3n) is 5.88. The van der Waals surface area contributed by atoms with Gasteiger partial charge in [-0.2, -0.15) is 0 Å². The molecule has 0 radical (unpaired) electrons. The van der Waals surface area contributed by atoms with Gasteiger partial charge >= 0.3 is 19.1 Å². The van der Waals surface area contributed by atoms with Crippen LogP contribution in [-0.4, -0.2) is 57.8 Å². The van der Waals surface area contributed by atoms with Crippen molar-refractivity contribution in [1.82, 2.24) is 0 Å². The summed E-state index contributed by atoms with van der Waals surface area (Å²) in [5.74, 6) is -1.28. The van der Waals surface area contributed by atoms with Crippen LogP contribution in [0.3, 0.4) is 0 Å². The minimum Gasteiger partial charge on any atom is -0.466 e. The van der Waals surface area contributed by atoms with E-state index in [2.05, 4.69) is 0 Å². The van der Waals surface area contributed by atoms with Gasteiger partial charge in [-0.1, -0.05) is 12.1 Å². The summed E-state index contributed by atoms with van der Waals surface area (Å²) >= 11 is 0. The Kier molecular flexibility index (Phi) is 6.00. The Morgan fingerprint density at radius 3 is 2.20 bits per heavy atom. The van der Waals surface area contributed by atoms with Crippen molar-refractivity contribution in [3.05, 3.63) is 35.0 Å². The second-order valence-corrected chi connectivity index (χ2v) is 8.35. The number of rotatable bonds is 4. The van der Waals surface area contributed by atoms with Gasteiger partial charge in [0.05, 0.1) is 37.6 Å². The van der Waals surface area contributed by atoms with Gasteiger partial charge in [0, 0.05) is 5.69 Å². The lowest BCUT2D eigenvalue weighted by Crippen LogP contribution is -2.41. The second-order valence-electron chi connectivity index (χ2n) is 8.35. The smallest absolute Gasteiger partial charge is 0.466 e. The third kappa shape index (κ3) is 3.85. The normalized spacial score (nSPS) is 20.4. The number of ether oxygens (including phenoxy) is 3. The number of hydrogen-bond acceptors (Lipinski definition) is 8. The molecule has 0 N–H and O–H groups in total. The Morgan fingerprint density at radius 1 is 1.03 bits per heavy atom. The Hall–Kier alpha value is -2.36. The number of esters is 2. The molecule has 0 aliphatic carbocycles. The van der Waals surface area contributed by atoms with Crippen LogP contribution in [0.1, 0.15) is 33.3 Å². The van der Waals surface area contributed by atoms with Gasteiger partial charge in [0.15, 0.2) is 0 Å². The summed E-state index contributed by atoms with van der Waals surface area (Å²) in [5, 5.41) is 0.